The average Bonchev–Trinajstić information content (AvgIpc) is 1.88. The Hall–Kier alpha value is -0.700. The van der Waals surface area contributed by atoms with Crippen molar-refractivity contribution in [1.29, 1.82) is 0 Å². The van der Waals surface area contributed by atoms with E-state index in [1.54, 1.807) is 13.1 Å². The molecule has 3 nitrogen and oxygen atoms in total. The number of aliphatic imine (C=N–C) groups is 1. The minimum Gasteiger partial charge on any atom is -0.359 e. The molecule has 0 aliphatic carbocycles. The SMILES string of the molecule is CN=C1C=C(Cl)NCN1. The number of nitrogens with one attached hydrogen (secondary N) is 2. The van der Waals surface area contributed by atoms with Crippen LogP contribution in [-0.4, -0.2) is 19.6 Å². The lowest BCUT2D eigenvalue weighted by Gasteiger charge is -2.13. The van der Waals surface area contributed by atoms with Crippen LogP contribution in [-0.2, 0) is 0 Å². The summed E-state index contributed by atoms with van der Waals surface area (Å²) in [6, 6.07) is 0. The van der Waals surface area contributed by atoms with Crippen LogP contribution in [0.5, 0.6) is 0 Å². The van der Waals surface area contributed by atoms with Crippen LogP contribution < -0.4 is 10.6 Å². The maximum Gasteiger partial charge on any atom is 0.124 e. The van der Waals surface area contributed by atoms with Gasteiger partial charge in [-0.05, 0) is 0 Å². The summed E-state index contributed by atoms with van der Waals surface area (Å²) in [4.78, 5) is 3.90. The Kier molecular flexibility index (Phi) is 1.95. The lowest BCUT2D eigenvalue weighted by Crippen LogP contribution is -2.36. The highest BCUT2D eigenvalue weighted by molar-refractivity contribution is 6.31. The van der Waals surface area contributed by atoms with Gasteiger partial charge in [-0.1, -0.05) is 11.6 Å². The van der Waals surface area contributed by atoms with Crippen LogP contribution in [0.2, 0.25) is 0 Å². The summed E-state index contributed by atoms with van der Waals surface area (Å²) in [7, 11) is 1.72. The molecule has 0 spiro atoms. The summed E-state index contributed by atoms with van der Waals surface area (Å²) in [6.45, 7) is 0.655. The fraction of sp³-hybridized carbons (Fsp3) is 0.400. The monoisotopic (exact) mass is 145 g/mol. The van der Waals surface area contributed by atoms with Gasteiger partial charge in [-0.15, -0.1) is 0 Å². The van der Waals surface area contributed by atoms with Crippen LogP contribution in [0.3, 0.4) is 0 Å². The second-order valence-electron chi connectivity index (χ2n) is 1.63. The highest BCUT2D eigenvalue weighted by Crippen LogP contribution is 1.97. The van der Waals surface area contributed by atoms with Crippen molar-refractivity contribution in [2.75, 3.05) is 13.7 Å². The number of hydrogen-bond acceptors (Lipinski definition) is 2. The molecule has 1 heterocycles. The number of hydrogen-bond donors (Lipinski definition) is 2. The van der Waals surface area contributed by atoms with Gasteiger partial charge in [0, 0.05) is 13.1 Å². The zero-order valence-electron chi connectivity index (χ0n) is 5.11. The van der Waals surface area contributed by atoms with Crippen molar-refractivity contribution in [1.82, 2.24) is 10.6 Å². The van der Waals surface area contributed by atoms with Crippen molar-refractivity contribution >= 4 is 17.4 Å². The van der Waals surface area contributed by atoms with Gasteiger partial charge >= 0.3 is 0 Å². The third kappa shape index (κ3) is 1.61. The minimum absolute atomic E-state index is 0.634. The van der Waals surface area contributed by atoms with Gasteiger partial charge in [0.2, 0.25) is 0 Å². The molecule has 0 aromatic heterocycles. The third-order valence-corrected chi connectivity index (χ3v) is 1.27. The Balaban J connectivity index is 2.68. The van der Waals surface area contributed by atoms with Crippen molar-refractivity contribution in [3.05, 3.63) is 11.2 Å². The van der Waals surface area contributed by atoms with Crippen LogP contribution in [0, 0.1) is 0 Å². The maximum atomic E-state index is 5.62. The number of rotatable bonds is 0. The fourth-order valence-electron chi connectivity index (χ4n) is 0.585. The highest BCUT2D eigenvalue weighted by atomic mass is 35.5. The molecule has 0 saturated heterocycles. The van der Waals surface area contributed by atoms with E-state index in [1.807, 2.05) is 0 Å². The van der Waals surface area contributed by atoms with E-state index in [0.717, 1.165) is 5.84 Å². The second-order valence-corrected chi connectivity index (χ2v) is 2.04. The number of amidine groups is 1. The molecule has 0 unspecified atom stereocenters. The van der Waals surface area contributed by atoms with Crippen LogP contribution >= 0.6 is 11.6 Å². The summed E-state index contributed by atoms with van der Waals surface area (Å²) < 4.78 is 0. The Labute approximate surface area is 58.8 Å². The molecule has 1 rings (SSSR count). The summed E-state index contributed by atoms with van der Waals surface area (Å²) in [5.74, 6) is 0.818. The molecular weight excluding hydrogens is 138 g/mol. The molecule has 0 aromatic carbocycles. The van der Waals surface area contributed by atoms with Gasteiger partial charge in [0.25, 0.3) is 0 Å². The van der Waals surface area contributed by atoms with Crippen molar-refractivity contribution in [2.45, 2.75) is 0 Å². The standard InChI is InChI=1S/C5H8ClN3/c1-7-5-2-4(6)8-3-9-5/h2,8H,3H2,1H3,(H,7,9). The van der Waals surface area contributed by atoms with Crippen LogP contribution in [0.1, 0.15) is 0 Å². The van der Waals surface area contributed by atoms with E-state index in [2.05, 4.69) is 15.6 Å². The van der Waals surface area contributed by atoms with Gasteiger partial charge in [0.05, 0.1) is 6.67 Å². The molecule has 2 N–H and O–H groups in total. The van der Waals surface area contributed by atoms with Crippen molar-refractivity contribution < 1.29 is 0 Å². The van der Waals surface area contributed by atoms with Crippen molar-refractivity contribution in [3.63, 3.8) is 0 Å². The van der Waals surface area contributed by atoms with E-state index >= 15 is 0 Å². The number of halogens is 1. The quantitative estimate of drug-likeness (QED) is 0.480. The van der Waals surface area contributed by atoms with Gasteiger partial charge in [-0.25, -0.2) is 0 Å². The van der Waals surface area contributed by atoms with Crippen molar-refractivity contribution in [2.24, 2.45) is 4.99 Å². The van der Waals surface area contributed by atoms with Gasteiger partial charge in [0.1, 0.15) is 11.0 Å². The molecule has 0 atom stereocenters. The van der Waals surface area contributed by atoms with Crippen molar-refractivity contribution in [3.8, 4) is 0 Å². The summed E-state index contributed by atoms with van der Waals surface area (Å²) in [5, 5.41) is 6.49. The predicted octanol–water partition coefficient (Wildman–Crippen LogP) is 0.245. The first kappa shape index (κ1) is 6.42. The lowest BCUT2D eigenvalue weighted by atomic mass is 10.5. The maximum absolute atomic E-state index is 5.62. The summed E-state index contributed by atoms with van der Waals surface area (Å²) in [5.41, 5.74) is 0. The zero-order chi connectivity index (χ0) is 6.69. The smallest absolute Gasteiger partial charge is 0.124 e. The predicted molar refractivity (Wildman–Crippen MR) is 38.4 cm³/mol. The van der Waals surface area contributed by atoms with Crippen LogP contribution in [0.25, 0.3) is 0 Å². The highest BCUT2D eigenvalue weighted by Gasteiger charge is 2.00. The first-order valence-electron chi connectivity index (χ1n) is 2.64. The molecular formula is C5H8ClN3. The molecule has 4 heteroatoms. The molecule has 0 aromatic rings. The molecule has 1 aliphatic heterocycles. The Morgan fingerprint density at radius 3 is 2.89 bits per heavy atom. The Morgan fingerprint density at radius 2 is 2.44 bits per heavy atom. The first-order valence-corrected chi connectivity index (χ1v) is 3.02. The zero-order valence-corrected chi connectivity index (χ0v) is 5.87. The van der Waals surface area contributed by atoms with Gasteiger partial charge in [-0.2, -0.15) is 0 Å². The van der Waals surface area contributed by atoms with Gasteiger partial charge < -0.3 is 10.6 Å². The van der Waals surface area contributed by atoms with E-state index in [4.69, 9.17) is 11.6 Å². The lowest BCUT2D eigenvalue weighted by molar-refractivity contribution is 0.770. The third-order valence-electron chi connectivity index (χ3n) is 1.03. The van der Waals surface area contributed by atoms with E-state index in [0.29, 0.717) is 11.8 Å². The summed E-state index contributed by atoms with van der Waals surface area (Å²) in [6.07, 6.45) is 1.74. The topological polar surface area (TPSA) is 36.4 Å². The number of nitrogens with zero attached hydrogens (tertiary/aromatic N) is 1. The summed E-state index contributed by atoms with van der Waals surface area (Å²) >= 11 is 5.62. The van der Waals surface area contributed by atoms with E-state index in [-0.39, 0.29) is 0 Å². The van der Waals surface area contributed by atoms with E-state index < -0.39 is 0 Å². The molecule has 1 aliphatic rings. The molecule has 9 heavy (non-hydrogen) atoms. The Morgan fingerprint density at radius 1 is 1.67 bits per heavy atom. The first-order chi connectivity index (χ1) is 4.33. The van der Waals surface area contributed by atoms with E-state index in [1.165, 1.54) is 0 Å². The molecule has 0 saturated carbocycles. The molecule has 0 amide bonds. The molecule has 0 bridgehead atoms. The van der Waals surface area contributed by atoms with E-state index in [9.17, 15) is 0 Å². The van der Waals surface area contributed by atoms with Crippen LogP contribution in [0.4, 0.5) is 0 Å². The van der Waals surface area contributed by atoms with Gasteiger partial charge in [-0.3, -0.25) is 4.99 Å². The molecule has 50 valence electrons. The Bertz CT molecular complexity index is 162. The molecule has 0 radical (unpaired) electrons. The van der Waals surface area contributed by atoms with Crippen LogP contribution in [0.15, 0.2) is 16.2 Å². The largest absolute Gasteiger partial charge is 0.359 e. The fourth-order valence-corrected chi connectivity index (χ4v) is 0.755. The molecule has 0 fully saturated rings. The normalized spacial score (nSPS) is 22.4. The average molecular weight is 146 g/mol. The minimum atomic E-state index is 0.634. The second kappa shape index (κ2) is 2.73. The van der Waals surface area contributed by atoms with Gasteiger partial charge in [0.15, 0.2) is 0 Å².